The first-order valence-corrected chi connectivity index (χ1v) is 6.46. The standard InChI is InChI=1S/C14H22N2/c1-12-8-9-16(11-14(12)15-2)10-13-6-4-3-5-7-13/h3-7,12,14-15H,8-11H2,1-2H3/p+2/t12-,14+/m1/s1. The summed E-state index contributed by atoms with van der Waals surface area (Å²) >= 11 is 0. The summed E-state index contributed by atoms with van der Waals surface area (Å²) in [6, 6.07) is 11.7. The number of nitrogens with one attached hydrogen (secondary N) is 1. The molecule has 88 valence electrons. The molecule has 1 aromatic rings. The van der Waals surface area contributed by atoms with Crippen LogP contribution in [0.4, 0.5) is 0 Å². The molecule has 1 heterocycles. The first-order valence-electron chi connectivity index (χ1n) is 6.46. The maximum absolute atomic E-state index is 2.40. The second kappa shape index (κ2) is 5.46. The SMILES string of the molecule is C[NH2+][C@H]1C[NH+](Cc2ccccc2)CC[C@H]1C. The Balaban J connectivity index is 1.92. The van der Waals surface area contributed by atoms with E-state index in [9.17, 15) is 0 Å². The van der Waals surface area contributed by atoms with Gasteiger partial charge in [0.2, 0.25) is 0 Å². The molecule has 1 aliphatic heterocycles. The number of nitrogens with two attached hydrogens (primary N) is 1. The molecule has 2 rings (SSSR count). The zero-order valence-corrected chi connectivity index (χ0v) is 10.4. The van der Waals surface area contributed by atoms with Crippen molar-refractivity contribution >= 4 is 0 Å². The summed E-state index contributed by atoms with van der Waals surface area (Å²) in [5.74, 6) is 0.879. The van der Waals surface area contributed by atoms with Gasteiger partial charge in [0.15, 0.2) is 0 Å². The van der Waals surface area contributed by atoms with Crippen LogP contribution in [0.1, 0.15) is 18.9 Å². The Hall–Kier alpha value is -0.860. The molecule has 2 heteroatoms. The third kappa shape index (κ3) is 2.83. The number of benzene rings is 1. The Labute approximate surface area is 98.7 Å². The van der Waals surface area contributed by atoms with E-state index in [1.54, 1.807) is 4.90 Å². The molecule has 0 spiro atoms. The van der Waals surface area contributed by atoms with Crippen LogP contribution in [0.25, 0.3) is 0 Å². The van der Waals surface area contributed by atoms with Gasteiger partial charge in [0.05, 0.1) is 13.6 Å². The minimum atomic E-state index is 0.812. The quantitative estimate of drug-likeness (QED) is 0.696. The van der Waals surface area contributed by atoms with Crippen molar-refractivity contribution in [3.63, 3.8) is 0 Å². The van der Waals surface area contributed by atoms with Gasteiger partial charge in [0.25, 0.3) is 0 Å². The van der Waals surface area contributed by atoms with E-state index in [0.717, 1.165) is 12.0 Å². The number of hydrogen-bond donors (Lipinski definition) is 2. The fraction of sp³-hybridized carbons (Fsp3) is 0.571. The maximum Gasteiger partial charge on any atom is 0.138 e. The highest BCUT2D eigenvalue weighted by Crippen LogP contribution is 2.06. The molecular weight excluding hydrogens is 196 g/mol. The minimum Gasteiger partial charge on any atom is -0.341 e. The van der Waals surface area contributed by atoms with E-state index in [2.05, 4.69) is 49.6 Å². The Kier molecular flexibility index (Phi) is 3.97. The average Bonchev–Trinajstić information content (AvgIpc) is 2.33. The smallest absolute Gasteiger partial charge is 0.138 e. The first kappa shape index (κ1) is 11.6. The van der Waals surface area contributed by atoms with E-state index in [4.69, 9.17) is 0 Å². The molecule has 16 heavy (non-hydrogen) atoms. The lowest BCUT2D eigenvalue weighted by atomic mass is 9.93. The second-order valence-electron chi connectivity index (χ2n) is 5.13. The molecule has 1 aliphatic rings. The Morgan fingerprint density at radius 3 is 2.75 bits per heavy atom. The highest BCUT2D eigenvalue weighted by Gasteiger charge is 2.30. The normalized spacial score (nSPS) is 30.2. The van der Waals surface area contributed by atoms with Gasteiger partial charge in [-0.2, -0.15) is 0 Å². The van der Waals surface area contributed by atoms with Crippen LogP contribution >= 0.6 is 0 Å². The second-order valence-corrected chi connectivity index (χ2v) is 5.13. The molecule has 1 aromatic carbocycles. The van der Waals surface area contributed by atoms with Crippen molar-refractivity contribution in [3.05, 3.63) is 35.9 Å². The molecule has 0 radical (unpaired) electrons. The number of quaternary nitrogens is 2. The van der Waals surface area contributed by atoms with Crippen LogP contribution in [0.2, 0.25) is 0 Å². The van der Waals surface area contributed by atoms with E-state index < -0.39 is 0 Å². The van der Waals surface area contributed by atoms with Gasteiger partial charge in [-0.1, -0.05) is 37.3 Å². The highest BCUT2D eigenvalue weighted by molar-refractivity contribution is 5.13. The molecule has 1 saturated heterocycles. The van der Waals surface area contributed by atoms with Gasteiger partial charge in [-0.25, -0.2) is 0 Å². The van der Waals surface area contributed by atoms with Crippen molar-refractivity contribution < 1.29 is 10.2 Å². The molecule has 0 bridgehead atoms. The number of rotatable bonds is 3. The molecule has 0 aromatic heterocycles. The molecule has 3 N–H and O–H groups in total. The van der Waals surface area contributed by atoms with Crippen LogP contribution < -0.4 is 10.2 Å². The van der Waals surface area contributed by atoms with Crippen molar-refractivity contribution in [2.75, 3.05) is 20.1 Å². The van der Waals surface area contributed by atoms with Gasteiger partial charge < -0.3 is 10.2 Å². The zero-order valence-electron chi connectivity index (χ0n) is 10.4. The summed E-state index contributed by atoms with van der Waals surface area (Å²) < 4.78 is 0. The monoisotopic (exact) mass is 220 g/mol. The predicted molar refractivity (Wildman–Crippen MR) is 66.3 cm³/mol. The lowest BCUT2D eigenvalue weighted by Gasteiger charge is -2.32. The van der Waals surface area contributed by atoms with Gasteiger partial charge in [0, 0.05) is 17.9 Å². The largest absolute Gasteiger partial charge is 0.341 e. The molecule has 1 unspecified atom stereocenters. The summed E-state index contributed by atoms with van der Waals surface area (Å²) in [6.45, 7) is 6.23. The molecule has 1 fully saturated rings. The van der Waals surface area contributed by atoms with Crippen molar-refractivity contribution in [1.82, 2.24) is 0 Å². The van der Waals surface area contributed by atoms with Gasteiger partial charge in [0.1, 0.15) is 19.1 Å². The van der Waals surface area contributed by atoms with Crippen LogP contribution in [0.3, 0.4) is 0 Å². The van der Waals surface area contributed by atoms with Crippen LogP contribution in [-0.2, 0) is 6.54 Å². The van der Waals surface area contributed by atoms with Crippen LogP contribution in [-0.4, -0.2) is 26.2 Å². The summed E-state index contributed by atoms with van der Waals surface area (Å²) in [4.78, 5) is 1.74. The van der Waals surface area contributed by atoms with Crippen molar-refractivity contribution in [2.45, 2.75) is 25.9 Å². The predicted octanol–water partition coefficient (Wildman–Crippen LogP) is -0.327. The minimum absolute atomic E-state index is 0.812. The number of likely N-dealkylation sites (N-methyl/N-ethyl adjacent to an activating group) is 1. The lowest BCUT2D eigenvalue weighted by Crippen LogP contribution is -3.16. The van der Waals surface area contributed by atoms with Gasteiger partial charge in [-0.3, -0.25) is 0 Å². The van der Waals surface area contributed by atoms with E-state index >= 15 is 0 Å². The highest BCUT2D eigenvalue weighted by atomic mass is 15.2. The topological polar surface area (TPSA) is 21.1 Å². The first-order chi connectivity index (χ1) is 7.79. The van der Waals surface area contributed by atoms with Crippen LogP contribution in [0, 0.1) is 5.92 Å². The van der Waals surface area contributed by atoms with E-state index in [1.807, 2.05) is 0 Å². The van der Waals surface area contributed by atoms with Crippen molar-refractivity contribution in [1.29, 1.82) is 0 Å². The van der Waals surface area contributed by atoms with E-state index in [-0.39, 0.29) is 0 Å². The third-order valence-corrected chi connectivity index (χ3v) is 3.93. The third-order valence-electron chi connectivity index (χ3n) is 3.93. The fourth-order valence-electron chi connectivity index (χ4n) is 2.77. The number of piperidine rings is 1. The molecule has 0 amide bonds. The van der Waals surface area contributed by atoms with Gasteiger partial charge in [-0.05, 0) is 0 Å². The Bertz CT molecular complexity index is 310. The number of hydrogen-bond acceptors (Lipinski definition) is 0. The number of likely N-dealkylation sites (tertiary alicyclic amines) is 1. The van der Waals surface area contributed by atoms with Crippen LogP contribution in [0.15, 0.2) is 30.3 Å². The van der Waals surface area contributed by atoms with Crippen LogP contribution in [0.5, 0.6) is 0 Å². The molecule has 0 aliphatic carbocycles. The summed E-state index contributed by atoms with van der Waals surface area (Å²) in [6.07, 6.45) is 1.37. The molecule has 3 atom stereocenters. The van der Waals surface area contributed by atoms with E-state index in [1.165, 1.54) is 31.6 Å². The Morgan fingerprint density at radius 2 is 2.06 bits per heavy atom. The summed E-state index contributed by atoms with van der Waals surface area (Å²) in [5.41, 5.74) is 1.47. The van der Waals surface area contributed by atoms with Crippen molar-refractivity contribution in [2.24, 2.45) is 5.92 Å². The lowest BCUT2D eigenvalue weighted by molar-refractivity contribution is -0.939. The summed E-state index contributed by atoms with van der Waals surface area (Å²) in [7, 11) is 2.21. The Morgan fingerprint density at radius 1 is 1.31 bits per heavy atom. The van der Waals surface area contributed by atoms with Gasteiger partial charge in [-0.15, -0.1) is 0 Å². The molecule has 0 saturated carbocycles. The molecular formula is C14H24N2+2. The van der Waals surface area contributed by atoms with E-state index in [0.29, 0.717) is 0 Å². The fourth-order valence-corrected chi connectivity index (χ4v) is 2.77. The average molecular weight is 220 g/mol. The zero-order chi connectivity index (χ0) is 11.4. The summed E-state index contributed by atoms with van der Waals surface area (Å²) in [5, 5.41) is 2.40. The maximum atomic E-state index is 2.40. The molecule has 2 nitrogen and oxygen atoms in total. The van der Waals surface area contributed by atoms with Gasteiger partial charge >= 0.3 is 0 Å². The van der Waals surface area contributed by atoms with Crippen molar-refractivity contribution in [3.8, 4) is 0 Å².